The third-order valence-corrected chi connectivity index (χ3v) is 0. The van der Waals surface area contributed by atoms with Crippen molar-refractivity contribution in [2.75, 3.05) is 0 Å². The predicted octanol–water partition coefficient (Wildman–Crippen LogP) is 0.793. The molecule has 0 aliphatic heterocycles. The Balaban J connectivity index is 0. The van der Waals surface area contributed by atoms with Gasteiger partial charge in [0.1, 0.15) is 0 Å². The van der Waals surface area contributed by atoms with Crippen molar-refractivity contribution in [2.45, 2.75) is 7.43 Å². The molecule has 0 saturated heterocycles. The van der Waals surface area contributed by atoms with Gasteiger partial charge in [-0.1, -0.05) is 7.43 Å². The van der Waals surface area contributed by atoms with E-state index in [1.165, 1.54) is 0 Å². The zero-order valence-electron chi connectivity index (χ0n) is 1.47. The van der Waals surface area contributed by atoms with E-state index in [2.05, 4.69) is 0 Å². The van der Waals surface area contributed by atoms with Crippen LogP contribution in [0.5, 0.6) is 0 Å². The van der Waals surface area contributed by atoms with Crippen molar-refractivity contribution in [1.29, 1.82) is 0 Å². The first-order valence-corrected chi connectivity index (χ1v) is 0. The summed E-state index contributed by atoms with van der Waals surface area (Å²) in [7, 11) is 0. The summed E-state index contributed by atoms with van der Waals surface area (Å²) >= 11 is 0. The first-order chi connectivity index (χ1) is 0. The molecule has 1 nitrogen and oxygen atoms in total. The number of rotatable bonds is 0. The summed E-state index contributed by atoms with van der Waals surface area (Å²) < 4.78 is 0. The summed E-state index contributed by atoms with van der Waals surface area (Å²) in [6.45, 7) is 0. The van der Waals surface area contributed by atoms with Crippen LogP contribution in [0.3, 0.4) is 0 Å². The number of hydrogen-bond donors (Lipinski definition) is 1. The first kappa shape index (κ1) is 61.7. The van der Waals surface area contributed by atoms with Gasteiger partial charge in [0.15, 0.2) is 0 Å². The SMILES string of the molecule is C.N.[Pt].[V]. The van der Waals surface area contributed by atoms with Gasteiger partial charge >= 0.3 is 0 Å². The third kappa shape index (κ3) is 10.6. The molecule has 0 aliphatic rings. The van der Waals surface area contributed by atoms with E-state index in [0.29, 0.717) is 0 Å². The molecular weight excluding hydrogens is 272 g/mol. The third-order valence-electron chi connectivity index (χ3n) is 0. The molecular formula is CH7NPtV. The van der Waals surface area contributed by atoms with Gasteiger partial charge in [0, 0.05) is 39.6 Å². The van der Waals surface area contributed by atoms with Crippen molar-refractivity contribution in [3.8, 4) is 0 Å². The molecule has 0 heterocycles. The molecule has 0 aromatic rings. The normalized spacial score (nSPS) is 0. The van der Waals surface area contributed by atoms with Gasteiger partial charge in [-0.3, -0.25) is 0 Å². The average molecular weight is 279 g/mol. The minimum Gasteiger partial charge on any atom is -0.344 e. The Hall–Kier alpha value is 1.23. The molecule has 0 fully saturated rings. The summed E-state index contributed by atoms with van der Waals surface area (Å²) in [5, 5.41) is 0. The molecule has 0 saturated carbocycles. The molecule has 0 aliphatic carbocycles. The monoisotopic (exact) mass is 279 g/mol. The molecule has 0 amide bonds. The fourth-order valence-electron chi connectivity index (χ4n) is 0. The quantitative estimate of drug-likeness (QED) is 0.699. The minimum atomic E-state index is 0. The van der Waals surface area contributed by atoms with Gasteiger partial charge in [-0.2, -0.15) is 0 Å². The fourth-order valence-corrected chi connectivity index (χ4v) is 0. The van der Waals surface area contributed by atoms with Crippen LogP contribution in [-0.4, -0.2) is 0 Å². The maximum Gasteiger partial charge on any atom is 0 e. The van der Waals surface area contributed by atoms with Crippen molar-refractivity contribution < 1.29 is 39.6 Å². The molecule has 0 unspecified atom stereocenters. The van der Waals surface area contributed by atoms with Crippen molar-refractivity contribution in [3.05, 3.63) is 0 Å². The second-order valence-corrected chi connectivity index (χ2v) is 0. The van der Waals surface area contributed by atoms with Crippen molar-refractivity contribution >= 4 is 0 Å². The molecule has 0 atom stereocenters. The van der Waals surface area contributed by atoms with Crippen LogP contribution in [0.2, 0.25) is 0 Å². The maximum atomic E-state index is 0. The van der Waals surface area contributed by atoms with E-state index in [-0.39, 0.29) is 53.2 Å². The van der Waals surface area contributed by atoms with Gasteiger partial charge < -0.3 is 6.15 Å². The Bertz CT molecular complexity index is 8.00. The van der Waals surface area contributed by atoms with E-state index >= 15 is 0 Å². The largest absolute Gasteiger partial charge is 0.344 e. The van der Waals surface area contributed by atoms with Crippen molar-refractivity contribution in [1.82, 2.24) is 6.15 Å². The molecule has 31 valence electrons. The second kappa shape index (κ2) is 29.1. The van der Waals surface area contributed by atoms with Crippen LogP contribution in [0.1, 0.15) is 7.43 Å². The Morgan fingerprint density at radius 2 is 1.00 bits per heavy atom. The van der Waals surface area contributed by atoms with E-state index < -0.39 is 0 Å². The predicted molar refractivity (Wildman–Crippen MR) is 11.8 cm³/mol. The van der Waals surface area contributed by atoms with Gasteiger partial charge in [0.2, 0.25) is 0 Å². The zero-order chi connectivity index (χ0) is 0. The molecule has 1 radical (unpaired) electrons. The van der Waals surface area contributed by atoms with Crippen LogP contribution in [0.4, 0.5) is 0 Å². The Morgan fingerprint density at radius 1 is 1.00 bits per heavy atom. The van der Waals surface area contributed by atoms with Gasteiger partial charge in [-0.25, -0.2) is 0 Å². The Kier molecular flexibility index (Phi) is 449. The molecule has 0 bridgehead atoms. The number of hydrogen-bond acceptors (Lipinski definition) is 1. The zero-order valence-corrected chi connectivity index (χ0v) is 5.14. The van der Waals surface area contributed by atoms with Crippen LogP contribution in [0, 0.1) is 0 Å². The molecule has 0 spiro atoms. The van der Waals surface area contributed by atoms with Crippen molar-refractivity contribution in [3.63, 3.8) is 0 Å². The molecule has 3 heteroatoms. The van der Waals surface area contributed by atoms with Crippen LogP contribution in [0.15, 0.2) is 0 Å². The minimum absolute atomic E-state index is 0. The van der Waals surface area contributed by atoms with Crippen LogP contribution in [0.25, 0.3) is 0 Å². The topological polar surface area (TPSA) is 35.0 Å². The first-order valence-electron chi connectivity index (χ1n) is 0. The van der Waals surface area contributed by atoms with Crippen LogP contribution < -0.4 is 6.15 Å². The van der Waals surface area contributed by atoms with Crippen LogP contribution >= 0.6 is 0 Å². The standard InChI is InChI=1S/CH4.H3N.Pt.V/h1H4;1H3;;. The maximum absolute atomic E-state index is 0. The van der Waals surface area contributed by atoms with E-state index in [1.807, 2.05) is 0 Å². The molecule has 0 aromatic heterocycles. The van der Waals surface area contributed by atoms with Gasteiger partial charge in [-0.05, 0) is 0 Å². The summed E-state index contributed by atoms with van der Waals surface area (Å²) in [6.07, 6.45) is 0. The van der Waals surface area contributed by atoms with Crippen LogP contribution in [-0.2, 0) is 39.6 Å². The van der Waals surface area contributed by atoms with Gasteiger partial charge in [-0.15, -0.1) is 0 Å². The second-order valence-electron chi connectivity index (χ2n) is 0. The fraction of sp³-hybridized carbons (Fsp3) is 1.00. The van der Waals surface area contributed by atoms with E-state index in [9.17, 15) is 0 Å². The van der Waals surface area contributed by atoms with Gasteiger partial charge in [0.25, 0.3) is 0 Å². The van der Waals surface area contributed by atoms with E-state index in [1.54, 1.807) is 0 Å². The summed E-state index contributed by atoms with van der Waals surface area (Å²) in [6, 6.07) is 0. The Morgan fingerprint density at radius 3 is 1.00 bits per heavy atom. The molecule has 0 aromatic carbocycles. The van der Waals surface area contributed by atoms with E-state index in [0.717, 1.165) is 0 Å². The summed E-state index contributed by atoms with van der Waals surface area (Å²) in [5.41, 5.74) is 0. The molecule has 4 heavy (non-hydrogen) atoms. The average Bonchev–Trinajstić information content (AvgIpc) is 0. The molecule has 0 rings (SSSR count). The van der Waals surface area contributed by atoms with E-state index in [4.69, 9.17) is 0 Å². The Labute approximate surface area is 53.3 Å². The van der Waals surface area contributed by atoms with Crippen molar-refractivity contribution in [2.24, 2.45) is 0 Å². The summed E-state index contributed by atoms with van der Waals surface area (Å²) in [5.74, 6) is 0. The van der Waals surface area contributed by atoms with Gasteiger partial charge in [0.05, 0.1) is 0 Å². The summed E-state index contributed by atoms with van der Waals surface area (Å²) in [4.78, 5) is 0. The smallest absolute Gasteiger partial charge is 0 e. The molecule has 3 N–H and O–H groups in total.